The Balaban J connectivity index is 1.68. The minimum Gasteiger partial charge on any atom is -0.405 e. The van der Waals surface area contributed by atoms with Gasteiger partial charge in [-0.2, -0.15) is 0 Å². The highest BCUT2D eigenvalue weighted by molar-refractivity contribution is 5.83. The highest BCUT2D eigenvalue weighted by Crippen LogP contribution is 2.52. The minimum absolute atomic E-state index is 0.0211. The smallest absolute Gasteiger partial charge is 0.405 e. The van der Waals surface area contributed by atoms with Gasteiger partial charge in [0.2, 0.25) is 5.91 Å². The number of alkyl halides is 3. The van der Waals surface area contributed by atoms with Crippen molar-refractivity contribution in [2.75, 3.05) is 19.6 Å². The molecule has 3 atom stereocenters. The average molecular weight is 328 g/mol. The molecule has 1 aliphatic heterocycles. The molecule has 0 radical (unpaired) electrons. The maximum absolute atomic E-state index is 12.5. The molecule has 2 N–H and O–H groups in total. The molecule has 0 bridgehead atoms. The number of likely N-dealkylation sites (tertiary alicyclic amines) is 1. The first-order valence-electron chi connectivity index (χ1n) is 7.72. The van der Waals surface area contributed by atoms with E-state index in [0.29, 0.717) is 37.5 Å². The van der Waals surface area contributed by atoms with E-state index in [1.165, 1.54) is 12.1 Å². The van der Waals surface area contributed by atoms with Gasteiger partial charge in [-0.1, -0.05) is 18.2 Å². The van der Waals surface area contributed by atoms with Crippen LogP contribution in [0.2, 0.25) is 0 Å². The number of benzene rings is 1. The second-order valence-electron chi connectivity index (χ2n) is 6.21. The van der Waals surface area contributed by atoms with E-state index in [1.54, 1.807) is 17.0 Å². The standard InChI is InChI=1S/C16H19F3N2O2/c17-16(18,19)23-14-4-2-1-3-11(14)12-7-13(12)15(22)21-6-5-10(8-20)9-21/h1-4,10,12-13H,5-9,20H2/t10-,12+,13-/m0/s1. The molecule has 0 aromatic heterocycles. The van der Waals surface area contributed by atoms with Gasteiger partial charge in [-0.05, 0) is 42.9 Å². The van der Waals surface area contributed by atoms with Gasteiger partial charge in [0, 0.05) is 19.0 Å². The second kappa shape index (κ2) is 6.03. The van der Waals surface area contributed by atoms with E-state index in [4.69, 9.17) is 5.73 Å². The molecule has 1 saturated carbocycles. The van der Waals surface area contributed by atoms with Crippen molar-refractivity contribution in [1.29, 1.82) is 0 Å². The van der Waals surface area contributed by atoms with Gasteiger partial charge < -0.3 is 15.4 Å². The van der Waals surface area contributed by atoms with Crippen LogP contribution in [0.25, 0.3) is 0 Å². The van der Waals surface area contributed by atoms with Crippen LogP contribution in [0.1, 0.15) is 24.3 Å². The van der Waals surface area contributed by atoms with Crippen LogP contribution in [0.4, 0.5) is 13.2 Å². The number of carbonyl (C=O) groups is 1. The molecule has 2 fully saturated rings. The molecule has 1 aromatic carbocycles. The zero-order chi connectivity index (χ0) is 16.6. The number of hydrogen-bond acceptors (Lipinski definition) is 3. The molecular formula is C16H19F3N2O2. The lowest BCUT2D eigenvalue weighted by molar-refractivity contribution is -0.274. The first-order chi connectivity index (χ1) is 10.9. The lowest BCUT2D eigenvalue weighted by Crippen LogP contribution is -2.31. The normalized spacial score (nSPS) is 27.1. The van der Waals surface area contributed by atoms with E-state index in [1.807, 2.05) is 0 Å². The van der Waals surface area contributed by atoms with Crippen molar-refractivity contribution < 1.29 is 22.7 Å². The number of ether oxygens (including phenoxy) is 1. The number of carbonyl (C=O) groups excluding carboxylic acids is 1. The summed E-state index contributed by atoms with van der Waals surface area (Å²) in [6.07, 6.45) is -3.26. The predicted molar refractivity (Wildman–Crippen MR) is 77.7 cm³/mol. The van der Waals surface area contributed by atoms with E-state index >= 15 is 0 Å². The van der Waals surface area contributed by atoms with Crippen molar-refractivity contribution in [3.63, 3.8) is 0 Å². The number of nitrogens with zero attached hydrogens (tertiary/aromatic N) is 1. The molecule has 3 rings (SSSR count). The van der Waals surface area contributed by atoms with Crippen LogP contribution in [-0.2, 0) is 4.79 Å². The van der Waals surface area contributed by atoms with Crippen molar-refractivity contribution in [3.8, 4) is 5.75 Å². The number of hydrogen-bond donors (Lipinski definition) is 1. The van der Waals surface area contributed by atoms with Crippen LogP contribution >= 0.6 is 0 Å². The summed E-state index contributed by atoms with van der Waals surface area (Å²) in [6, 6.07) is 6.06. The van der Waals surface area contributed by atoms with E-state index in [-0.39, 0.29) is 23.5 Å². The molecule has 0 unspecified atom stereocenters. The monoisotopic (exact) mass is 328 g/mol. The lowest BCUT2D eigenvalue weighted by atomic mass is 10.1. The Morgan fingerprint density at radius 3 is 2.74 bits per heavy atom. The highest BCUT2D eigenvalue weighted by Gasteiger charge is 2.48. The fourth-order valence-electron chi connectivity index (χ4n) is 3.28. The van der Waals surface area contributed by atoms with E-state index in [9.17, 15) is 18.0 Å². The third-order valence-electron chi connectivity index (χ3n) is 4.58. The van der Waals surface area contributed by atoms with Crippen LogP contribution < -0.4 is 10.5 Å². The van der Waals surface area contributed by atoms with Crippen LogP contribution in [0, 0.1) is 11.8 Å². The number of nitrogens with two attached hydrogens (primary N) is 1. The van der Waals surface area contributed by atoms with Gasteiger partial charge in [0.15, 0.2) is 0 Å². The molecule has 1 aromatic rings. The first kappa shape index (κ1) is 16.1. The fraction of sp³-hybridized carbons (Fsp3) is 0.562. The number of rotatable bonds is 4. The molecule has 126 valence electrons. The van der Waals surface area contributed by atoms with Gasteiger partial charge in [0.25, 0.3) is 0 Å². The number of amides is 1. The van der Waals surface area contributed by atoms with Crippen molar-refractivity contribution in [2.24, 2.45) is 17.6 Å². The van der Waals surface area contributed by atoms with E-state index in [2.05, 4.69) is 4.74 Å². The summed E-state index contributed by atoms with van der Waals surface area (Å²) < 4.78 is 41.5. The summed E-state index contributed by atoms with van der Waals surface area (Å²) in [5, 5.41) is 0. The summed E-state index contributed by atoms with van der Waals surface area (Å²) in [4.78, 5) is 14.3. The van der Waals surface area contributed by atoms with E-state index < -0.39 is 6.36 Å². The zero-order valence-electron chi connectivity index (χ0n) is 12.6. The van der Waals surface area contributed by atoms with Crippen LogP contribution in [0.3, 0.4) is 0 Å². The molecule has 0 spiro atoms. The maximum Gasteiger partial charge on any atom is 0.573 e. The second-order valence-corrected chi connectivity index (χ2v) is 6.21. The Morgan fingerprint density at radius 2 is 2.09 bits per heavy atom. The Bertz CT molecular complexity index is 591. The first-order valence-corrected chi connectivity index (χ1v) is 7.72. The van der Waals surface area contributed by atoms with Gasteiger partial charge in [-0.3, -0.25) is 4.79 Å². The Labute approximate surface area is 132 Å². The molecule has 1 heterocycles. The molecule has 1 amide bonds. The van der Waals surface area contributed by atoms with Crippen molar-refractivity contribution >= 4 is 5.91 Å². The van der Waals surface area contributed by atoms with Gasteiger partial charge in [0.05, 0.1) is 0 Å². The zero-order valence-corrected chi connectivity index (χ0v) is 12.6. The Morgan fingerprint density at radius 1 is 1.35 bits per heavy atom. The maximum atomic E-state index is 12.5. The molecule has 23 heavy (non-hydrogen) atoms. The van der Waals surface area contributed by atoms with Crippen LogP contribution in [0.5, 0.6) is 5.75 Å². The third kappa shape index (κ3) is 3.60. The third-order valence-corrected chi connectivity index (χ3v) is 4.58. The largest absolute Gasteiger partial charge is 0.573 e. The average Bonchev–Trinajstić information content (AvgIpc) is 3.13. The van der Waals surface area contributed by atoms with Crippen LogP contribution in [-0.4, -0.2) is 36.8 Å². The topological polar surface area (TPSA) is 55.6 Å². The minimum atomic E-state index is -4.73. The quantitative estimate of drug-likeness (QED) is 0.924. The molecule has 7 heteroatoms. The Kier molecular flexibility index (Phi) is 4.23. The van der Waals surface area contributed by atoms with Crippen LogP contribution in [0.15, 0.2) is 24.3 Å². The summed E-state index contributed by atoms with van der Waals surface area (Å²) in [7, 11) is 0. The molecule has 1 aliphatic carbocycles. The number of halogens is 3. The van der Waals surface area contributed by atoms with Gasteiger partial charge in [0.1, 0.15) is 5.75 Å². The summed E-state index contributed by atoms with van der Waals surface area (Å²) >= 11 is 0. The molecule has 2 aliphatic rings. The van der Waals surface area contributed by atoms with Crippen molar-refractivity contribution in [2.45, 2.75) is 25.1 Å². The predicted octanol–water partition coefficient (Wildman–Crippen LogP) is 2.50. The fourth-order valence-corrected chi connectivity index (χ4v) is 3.28. The molecule has 1 saturated heterocycles. The highest BCUT2D eigenvalue weighted by atomic mass is 19.4. The summed E-state index contributed by atoms with van der Waals surface area (Å²) in [5.74, 6) is -0.297. The van der Waals surface area contributed by atoms with Gasteiger partial charge >= 0.3 is 6.36 Å². The molecule has 4 nitrogen and oxygen atoms in total. The van der Waals surface area contributed by atoms with E-state index in [0.717, 1.165) is 6.42 Å². The SMILES string of the molecule is NC[C@@H]1CCN(C(=O)[C@H]2C[C@@H]2c2ccccc2OC(F)(F)F)C1. The number of para-hydroxylation sites is 1. The lowest BCUT2D eigenvalue weighted by Gasteiger charge is -2.17. The van der Waals surface area contributed by atoms with Crippen molar-refractivity contribution in [1.82, 2.24) is 4.90 Å². The summed E-state index contributed by atoms with van der Waals surface area (Å²) in [5.41, 5.74) is 6.08. The Hall–Kier alpha value is -1.76. The van der Waals surface area contributed by atoms with Gasteiger partial charge in [-0.15, -0.1) is 13.2 Å². The molecular weight excluding hydrogens is 309 g/mol. The van der Waals surface area contributed by atoms with Crippen molar-refractivity contribution in [3.05, 3.63) is 29.8 Å². The van der Waals surface area contributed by atoms with Gasteiger partial charge in [-0.25, -0.2) is 0 Å². The summed E-state index contributed by atoms with van der Waals surface area (Å²) in [6.45, 7) is 1.89.